The number of nitrogens with zero attached hydrogens (tertiary/aromatic N) is 1. The first-order valence-corrected chi connectivity index (χ1v) is 9.47. The van der Waals surface area contributed by atoms with Crippen molar-refractivity contribution in [3.05, 3.63) is 58.4 Å². The second-order valence-electron chi connectivity index (χ2n) is 6.34. The molecule has 7 heteroatoms. The Morgan fingerprint density at radius 3 is 2.59 bits per heavy atom. The average molecular weight is 383 g/mol. The summed E-state index contributed by atoms with van der Waals surface area (Å²) in [7, 11) is 0. The van der Waals surface area contributed by atoms with Crippen LogP contribution in [0.2, 0.25) is 0 Å². The van der Waals surface area contributed by atoms with Crippen LogP contribution in [0.5, 0.6) is 0 Å². The summed E-state index contributed by atoms with van der Waals surface area (Å²) in [5, 5.41) is 7.92. The summed E-state index contributed by atoms with van der Waals surface area (Å²) in [6.07, 6.45) is 1.59. The van der Waals surface area contributed by atoms with Crippen LogP contribution >= 0.6 is 11.3 Å². The van der Waals surface area contributed by atoms with E-state index in [1.807, 2.05) is 5.38 Å². The molecule has 3 aromatic rings. The van der Waals surface area contributed by atoms with Gasteiger partial charge in [-0.1, -0.05) is 17.7 Å². The molecule has 140 valence electrons. The zero-order valence-electron chi connectivity index (χ0n) is 15.5. The highest BCUT2D eigenvalue weighted by molar-refractivity contribution is 7.14. The third-order valence-corrected chi connectivity index (χ3v) is 4.82. The second kappa shape index (κ2) is 8.18. The zero-order chi connectivity index (χ0) is 19.4. The van der Waals surface area contributed by atoms with E-state index in [-0.39, 0.29) is 30.5 Å². The number of carbonyl (C=O) groups is 2. The highest BCUT2D eigenvalue weighted by Gasteiger charge is 2.13. The minimum atomic E-state index is -0.338. The van der Waals surface area contributed by atoms with Crippen LogP contribution in [0.25, 0.3) is 11.3 Å². The van der Waals surface area contributed by atoms with Crippen LogP contribution in [0.4, 0.5) is 5.13 Å². The molecule has 0 atom stereocenters. The van der Waals surface area contributed by atoms with Crippen molar-refractivity contribution >= 4 is 28.3 Å². The summed E-state index contributed by atoms with van der Waals surface area (Å²) < 4.78 is 5.00. The van der Waals surface area contributed by atoms with Crippen molar-refractivity contribution in [1.29, 1.82) is 0 Å². The molecular formula is C20H21N3O3S. The number of carbonyl (C=O) groups excluding carboxylic acids is 2. The third-order valence-electron chi connectivity index (χ3n) is 4.07. The van der Waals surface area contributed by atoms with Gasteiger partial charge < -0.3 is 15.1 Å². The van der Waals surface area contributed by atoms with Gasteiger partial charge in [-0.25, -0.2) is 4.98 Å². The fraction of sp³-hybridized carbons (Fsp3) is 0.250. The van der Waals surface area contributed by atoms with Gasteiger partial charge in [-0.05, 0) is 44.0 Å². The number of anilines is 1. The van der Waals surface area contributed by atoms with Gasteiger partial charge >= 0.3 is 0 Å². The molecule has 0 radical (unpaired) electrons. The van der Waals surface area contributed by atoms with Crippen LogP contribution in [0, 0.1) is 20.8 Å². The standard InChI is InChI=1S/C20H21N3O3S/c1-12-9-13(2)18(14(3)10-12)15-11-27-20(22-15)23-17(24)6-7-21-19(25)16-5-4-8-26-16/h4-5,8-11H,6-7H2,1-3H3,(H,21,25)(H,22,23,24). The predicted octanol–water partition coefficient (Wildman–Crippen LogP) is 4.09. The Morgan fingerprint density at radius 2 is 1.93 bits per heavy atom. The maximum atomic E-state index is 12.1. The number of aromatic nitrogens is 1. The first kappa shape index (κ1) is 18.8. The fourth-order valence-corrected chi connectivity index (χ4v) is 3.71. The summed E-state index contributed by atoms with van der Waals surface area (Å²) in [6, 6.07) is 7.46. The summed E-state index contributed by atoms with van der Waals surface area (Å²) in [4.78, 5) is 28.4. The second-order valence-corrected chi connectivity index (χ2v) is 7.20. The topological polar surface area (TPSA) is 84.2 Å². The lowest BCUT2D eigenvalue weighted by atomic mass is 9.98. The monoisotopic (exact) mass is 383 g/mol. The van der Waals surface area contributed by atoms with Gasteiger partial charge in [0.25, 0.3) is 5.91 Å². The number of amides is 2. The molecule has 1 aromatic carbocycles. The Kier molecular flexibility index (Phi) is 5.71. The molecule has 0 spiro atoms. The van der Waals surface area contributed by atoms with E-state index in [0.717, 1.165) is 22.4 Å². The lowest BCUT2D eigenvalue weighted by Gasteiger charge is -2.08. The maximum Gasteiger partial charge on any atom is 0.286 e. The summed E-state index contributed by atoms with van der Waals surface area (Å²) >= 11 is 1.39. The molecule has 0 fully saturated rings. The van der Waals surface area contributed by atoms with E-state index in [9.17, 15) is 9.59 Å². The largest absolute Gasteiger partial charge is 0.459 e. The van der Waals surface area contributed by atoms with Crippen molar-refractivity contribution in [2.24, 2.45) is 0 Å². The molecule has 2 amide bonds. The third kappa shape index (κ3) is 4.62. The predicted molar refractivity (Wildman–Crippen MR) is 106 cm³/mol. The molecule has 6 nitrogen and oxygen atoms in total. The maximum absolute atomic E-state index is 12.1. The van der Waals surface area contributed by atoms with Crippen LogP contribution in [0.3, 0.4) is 0 Å². The zero-order valence-corrected chi connectivity index (χ0v) is 16.3. The van der Waals surface area contributed by atoms with Crippen LogP contribution < -0.4 is 10.6 Å². The van der Waals surface area contributed by atoms with Gasteiger partial charge in [-0.15, -0.1) is 11.3 Å². The molecule has 0 saturated heterocycles. The molecule has 0 aliphatic rings. The van der Waals surface area contributed by atoms with Crippen LogP contribution in [-0.4, -0.2) is 23.3 Å². The lowest BCUT2D eigenvalue weighted by Crippen LogP contribution is -2.27. The molecule has 2 aromatic heterocycles. The number of nitrogens with one attached hydrogen (secondary N) is 2. The van der Waals surface area contributed by atoms with Gasteiger partial charge in [0, 0.05) is 23.9 Å². The molecule has 0 bridgehead atoms. The number of benzene rings is 1. The van der Waals surface area contributed by atoms with Crippen molar-refractivity contribution in [1.82, 2.24) is 10.3 Å². The highest BCUT2D eigenvalue weighted by atomic mass is 32.1. The van der Waals surface area contributed by atoms with E-state index in [4.69, 9.17) is 4.42 Å². The molecule has 2 heterocycles. The van der Waals surface area contributed by atoms with Crippen molar-refractivity contribution < 1.29 is 14.0 Å². The van der Waals surface area contributed by atoms with E-state index in [2.05, 4.69) is 48.5 Å². The number of furan rings is 1. The fourth-order valence-electron chi connectivity index (χ4n) is 3.00. The highest BCUT2D eigenvalue weighted by Crippen LogP contribution is 2.31. The molecular weight excluding hydrogens is 362 g/mol. The van der Waals surface area contributed by atoms with Crippen molar-refractivity contribution in [3.63, 3.8) is 0 Å². The summed E-state index contributed by atoms with van der Waals surface area (Å²) in [6.45, 7) is 6.42. The summed E-state index contributed by atoms with van der Waals surface area (Å²) in [5.74, 6) is -0.313. The van der Waals surface area contributed by atoms with E-state index >= 15 is 0 Å². The minimum Gasteiger partial charge on any atom is -0.459 e. The first-order valence-electron chi connectivity index (χ1n) is 8.59. The van der Waals surface area contributed by atoms with Crippen LogP contribution in [-0.2, 0) is 4.79 Å². The van der Waals surface area contributed by atoms with Gasteiger partial charge in [0.15, 0.2) is 10.9 Å². The molecule has 0 saturated carbocycles. The Balaban J connectivity index is 1.56. The Bertz CT molecular complexity index is 938. The Morgan fingerprint density at radius 1 is 1.19 bits per heavy atom. The molecule has 0 aliphatic carbocycles. The van der Waals surface area contributed by atoms with E-state index in [1.165, 1.54) is 23.2 Å². The van der Waals surface area contributed by atoms with Gasteiger partial charge in [0.2, 0.25) is 5.91 Å². The van der Waals surface area contributed by atoms with Crippen molar-refractivity contribution in [2.45, 2.75) is 27.2 Å². The average Bonchev–Trinajstić information content (AvgIpc) is 3.26. The van der Waals surface area contributed by atoms with E-state index in [1.54, 1.807) is 12.1 Å². The normalized spacial score (nSPS) is 10.6. The molecule has 0 unspecified atom stereocenters. The number of rotatable bonds is 6. The van der Waals surface area contributed by atoms with Crippen LogP contribution in [0.15, 0.2) is 40.3 Å². The smallest absolute Gasteiger partial charge is 0.286 e. The Labute approximate surface area is 161 Å². The van der Waals surface area contributed by atoms with Gasteiger partial charge in [-0.3, -0.25) is 9.59 Å². The molecule has 3 rings (SSSR count). The molecule has 0 aliphatic heterocycles. The van der Waals surface area contributed by atoms with Gasteiger partial charge in [0.05, 0.1) is 12.0 Å². The van der Waals surface area contributed by atoms with Crippen LogP contribution in [0.1, 0.15) is 33.7 Å². The lowest BCUT2D eigenvalue weighted by molar-refractivity contribution is -0.116. The number of hydrogen-bond acceptors (Lipinski definition) is 5. The molecule has 27 heavy (non-hydrogen) atoms. The van der Waals surface area contributed by atoms with E-state index in [0.29, 0.717) is 5.13 Å². The number of hydrogen-bond donors (Lipinski definition) is 2. The minimum absolute atomic E-state index is 0.157. The van der Waals surface area contributed by atoms with Gasteiger partial charge in [-0.2, -0.15) is 0 Å². The van der Waals surface area contributed by atoms with Gasteiger partial charge in [0.1, 0.15) is 0 Å². The van der Waals surface area contributed by atoms with Crippen molar-refractivity contribution in [2.75, 3.05) is 11.9 Å². The first-order chi connectivity index (χ1) is 12.9. The summed E-state index contributed by atoms with van der Waals surface area (Å²) in [5.41, 5.74) is 5.50. The Hall–Kier alpha value is -2.93. The number of aryl methyl sites for hydroxylation is 3. The molecule has 2 N–H and O–H groups in total. The quantitative estimate of drug-likeness (QED) is 0.671. The number of thiazole rings is 1. The van der Waals surface area contributed by atoms with E-state index < -0.39 is 0 Å². The SMILES string of the molecule is Cc1cc(C)c(-c2csc(NC(=O)CCNC(=O)c3ccco3)n2)c(C)c1. The van der Waals surface area contributed by atoms with Crippen molar-refractivity contribution in [3.8, 4) is 11.3 Å².